The van der Waals surface area contributed by atoms with Gasteiger partial charge in [-0.05, 0) is 42.5 Å². The van der Waals surface area contributed by atoms with Gasteiger partial charge in [0.05, 0.1) is 31.8 Å². The fraction of sp³-hybridized carbons (Fsp3) is 0.115. The minimum Gasteiger partial charge on any atom is -0.497 e. The number of hydrogen-bond donors (Lipinski definition) is 1. The molecule has 0 aliphatic heterocycles. The van der Waals surface area contributed by atoms with Gasteiger partial charge in [-0.1, -0.05) is 35.9 Å². The third-order valence-corrected chi connectivity index (χ3v) is 5.53. The quantitative estimate of drug-likeness (QED) is 0.391. The van der Waals surface area contributed by atoms with E-state index in [1.165, 1.54) is 13.2 Å². The lowest BCUT2D eigenvalue weighted by Gasteiger charge is -2.20. The molecule has 9 heteroatoms. The molecule has 0 spiro atoms. The van der Waals surface area contributed by atoms with Crippen molar-refractivity contribution in [3.05, 3.63) is 99.2 Å². The molecule has 35 heavy (non-hydrogen) atoms. The Balaban J connectivity index is 1.92. The summed E-state index contributed by atoms with van der Waals surface area (Å²) in [5, 5.41) is 3.46. The Kier molecular flexibility index (Phi) is 7.03. The fourth-order valence-corrected chi connectivity index (χ4v) is 3.83. The maximum atomic E-state index is 13.5. The Labute approximate surface area is 205 Å². The van der Waals surface area contributed by atoms with Gasteiger partial charge in [0.25, 0.3) is 5.91 Å². The summed E-state index contributed by atoms with van der Waals surface area (Å²) in [6, 6.07) is 20.4. The Bertz CT molecular complexity index is 1470. The van der Waals surface area contributed by atoms with Crippen LogP contribution in [0.3, 0.4) is 0 Å². The zero-order valence-electron chi connectivity index (χ0n) is 18.9. The number of para-hydroxylation sites is 1. The molecule has 1 aromatic heterocycles. The molecule has 0 saturated carbocycles. The number of rotatable bonds is 6. The fourth-order valence-electron chi connectivity index (χ4n) is 3.64. The van der Waals surface area contributed by atoms with Gasteiger partial charge >= 0.3 is 6.16 Å². The van der Waals surface area contributed by atoms with Crippen molar-refractivity contribution >= 4 is 34.6 Å². The topological polar surface area (TPSA) is 95.9 Å². The first-order valence-corrected chi connectivity index (χ1v) is 10.9. The molecule has 0 fully saturated rings. The summed E-state index contributed by atoms with van der Waals surface area (Å²) in [7, 11) is 2.68. The zero-order valence-corrected chi connectivity index (χ0v) is 19.7. The molecule has 0 saturated heterocycles. The predicted octanol–water partition coefficient (Wildman–Crippen LogP) is 4.73. The van der Waals surface area contributed by atoms with Crippen molar-refractivity contribution in [2.75, 3.05) is 14.2 Å². The molecule has 0 unspecified atom stereocenters. The lowest BCUT2D eigenvalue weighted by atomic mass is 10.1. The first kappa shape index (κ1) is 23.8. The van der Waals surface area contributed by atoms with E-state index in [0.717, 1.165) is 7.11 Å². The number of nitrogens with zero attached hydrogens (tertiary/aromatic N) is 1. The Morgan fingerprint density at radius 1 is 0.971 bits per heavy atom. The van der Waals surface area contributed by atoms with E-state index >= 15 is 0 Å². The maximum absolute atomic E-state index is 13.5. The molecule has 1 amide bonds. The van der Waals surface area contributed by atoms with Gasteiger partial charge in [-0.15, -0.1) is 0 Å². The van der Waals surface area contributed by atoms with Crippen LogP contribution in [0.1, 0.15) is 15.9 Å². The number of pyridine rings is 1. The van der Waals surface area contributed by atoms with Gasteiger partial charge in [0.2, 0.25) is 5.88 Å². The summed E-state index contributed by atoms with van der Waals surface area (Å²) in [5.74, 6) is -0.0233. The SMILES string of the molecule is COC(=O)Oc1c(CNC(=O)c2cccc(Cl)c2)c(=O)c2ccc(OC)cc2n1-c1ccccc1. The summed E-state index contributed by atoms with van der Waals surface area (Å²) in [5.41, 5.74) is 1.03. The lowest BCUT2D eigenvalue weighted by molar-refractivity contribution is 0.0950. The van der Waals surface area contributed by atoms with Crippen LogP contribution in [0, 0.1) is 0 Å². The van der Waals surface area contributed by atoms with Crippen LogP contribution in [0.2, 0.25) is 5.02 Å². The highest BCUT2D eigenvalue weighted by atomic mass is 35.5. The second-order valence-corrected chi connectivity index (χ2v) is 7.85. The third-order valence-electron chi connectivity index (χ3n) is 5.30. The highest BCUT2D eigenvalue weighted by Gasteiger charge is 2.23. The van der Waals surface area contributed by atoms with Gasteiger partial charge in [-0.25, -0.2) is 4.79 Å². The van der Waals surface area contributed by atoms with Crippen molar-refractivity contribution in [3.63, 3.8) is 0 Å². The van der Waals surface area contributed by atoms with Crippen LogP contribution < -0.4 is 20.2 Å². The zero-order chi connectivity index (χ0) is 24.9. The van der Waals surface area contributed by atoms with Gasteiger partial charge in [0.1, 0.15) is 5.75 Å². The molecular formula is C26H21ClN2O6. The molecular weight excluding hydrogens is 472 g/mol. The van der Waals surface area contributed by atoms with Gasteiger partial charge in [0.15, 0.2) is 5.43 Å². The number of benzene rings is 3. The summed E-state index contributed by atoms with van der Waals surface area (Å²) in [4.78, 5) is 38.5. The second-order valence-electron chi connectivity index (χ2n) is 7.42. The summed E-state index contributed by atoms with van der Waals surface area (Å²) in [6.07, 6.45) is -1.02. The molecule has 178 valence electrons. The Morgan fingerprint density at radius 2 is 1.74 bits per heavy atom. The number of fused-ring (bicyclic) bond motifs is 1. The number of amides is 1. The Morgan fingerprint density at radius 3 is 2.43 bits per heavy atom. The third kappa shape index (κ3) is 4.97. The van der Waals surface area contributed by atoms with Crippen LogP contribution in [-0.4, -0.2) is 30.8 Å². The monoisotopic (exact) mass is 492 g/mol. The van der Waals surface area contributed by atoms with Crippen LogP contribution in [-0.2, 0) is 11.3 Å². The van der Waals surface area contributed by atoms with E-state index in [9.17, 15) is 14.4 Å². The number of halogens is 1. The van der Waals surface area contributed by atoms with Crippen molar-refractivity contribution in [1.29, 1.82) is 0 Å². The minimum absolute atomic E-state index is 0.0623. The average Bonchev–Trinajstić information content (AvgIpc) is 2.88. The Hall–Kier alpha value is -4.30. The lowest BCUT2D eigenvalue weighted by Crippen LogP contribution is -2.29. The van der Waals surface area contributed by atoms with Gasteiger partial charge in [-0.2, -0.15) is 0 Å². The maximum Gasteiger partial charge on any atom is 0.514 e. The van der Waals surface area contributed by atoms with Gasteiger partial charge < -0.3 is 19.5 Å². The average molecular weight is 493 g/mol. The van der Waals surface area contributed by atoms with Crippen molar-refractivity contribution in [2.24, 2.45) is 0 Å². The minimum atomic E-state index is -1.02. The van der Waals surface area contributed by atoms with Crippen LogP contribution in [0.5, 0.6) is 11.6 Å². The van der Waals surface area contributed by atoms with Crippen LogP contribution in [0.4, 0.5) is 4.79 Å². The van der Waals surface area contributed by atoms with Crippen LogP contribution in [0.25, 0.3) is 16.6 Å². The number of aromatic nitrogens is 1. The molecule has 1 N–H and O–H groups in total. The molecule has 3 aromatic carbocycles. The van der Waals surface area contributed by atoms with Crippen LogP contribution in [0.15, 0.2) is 77.6 Å². The van der Waals surface area contributed by atoms with E-state index in [4.69, 9.17) is 25.8 Å². The van der Waals surface area contributed by atoms with Crippen LogP contribution >= 0.6 is 11.6 Å². The number of methoxy groups -OCH3 is 2. The van der Waals surface area contributed by atoms with Crippen molar-refractivity contribution in [3.8, 4) is 17.3 Å². The molecule has 8 nitrogen and oxygen atoms in total. The van der Waals surface area contributed by atoms with Gasteiger partial charge in [0, 0.05) is 27.7 Å². The van der Waals surface area contributed by atoms with Crippen molar-refractivity contribution in [1.82, 2.24) is 9.88 Å². The number of hydrogen-bond acceptors (Lipinski definition) is 6. The van der Waals surface area contributed by atoms with E-state index < -0.39 is 17.5 Å². The van der Waals surface area contributed by atoms with E-state index in [2.05, 4.69) is 5.32 Å². The normalized spacial score (nSPS) is 10.6. The molecule has 4 rings (SSSR count). The molecule has 0 atom stereocenters. The first-order chi connectivity index (χ1) is 16.9. The smallest absolute Gasteiger partial charge is 0.497 e. The summed E-state index contributed by atoms with van der Waals surface area (Å²) in [6.45, 7) is -0.217. The van der Waals surface area contributed by atoms with Crippen molar-refractivity contribution < 1.29 is 23.8 Å². The molecule has 0 radical (unpaired) electrons. The predicted molar refractivity (Wildman–Crippen MR) is 132 cm³/mol. The highest BCUT2D eigenvalue weighted by molar-refractivity contribution is 6.30. The number of carbonyl (C=O) groups excluding carboxylic acids is 2. The molecule has 0 aliphatic rings. The van der Waals surface area contributed by atoms with E-state index in [1.807, 2.05) is 18.2 Å². The molecule has 4 aromatic rings. The molecule has 0 aliphatic carbocycles. The molecule has 1 heterocycles. The number of carbonyl (C=O) groups is 2. The standard InChI is InChI=1S/C26H21ClN2O6/c1-33-19-11-12-20-22(14-19)29(18-9-4-3-5-10-18)25(35-26(32)34-2)21(23(20)30)15-28-24(31)16-7-6-8-17(27)13-16/h3-14H,15H2,1-2H3,(H,28,31). The van der Waals surface area contributed by atoms with E-state index in [0.29, 0.717) is 32.9 Å². The second kappa shape index (κ2) is 10.3. The molecule has 0 bridgehead atoms. The van der Waals surface area contributed by atoms with E-state index in [-0.39, 0.29) is 18.0 Å². The summed E-state index contributed by atoms with van der Waals surface area (Å²) < 4.78 is 17.1. The first-order valence-electron chi connectivity index (χ1n) is 10.5. The van der Waals surface area contributed by atoms with Crippen molar-refractivity contribution in [2.45, 2.75) is 6.54 Å². The highest BCUT2D eigenvalue weighted by Crippen LogP contribution is 2.30. The number of nitrogens with one attached hydrogen (secondary N) is 1. The van der Waals surface area contributed by atoms with Gasteiger partial charge in [-0.3, -0.25) is 14.2 Å². The number of ether oxygens (including phenoxy) is 3. The summed E-state index contributed by atoms with van der Waals surface area (Å²) >= 11 is 5.99. The largest absolute Gasteiger partial charge is 0.514 e. The van der Waals surface area contributed by atoms with E-state index in [1.54, 1.807) is 53.1 Å².